The van der Waals surface area contributed by atoms with E-state index in [4.69, 9.17) is 5.26 Å². The fraction of sp³-hybridized carbons (Fsp3) is 0.857. The highest BCUT2D eigenvalue weighted by Crippen LogP contribution is 2.30. The topological polar surface area (TPSA) is 64.9 Å². The van der Waals surface area contributed by atoms with E-state index in [1.807, 2.05) is 6.07 Å². The lowest BCUT2D eigenvalue weighted by atomic mass is 9.81. The highest BCUT2D eigenvalue weighted by Gasteiger charge is 2.18. The Labute approximate surface area is 110 Å². The first-order valence-corrected chi connectivity index (χ1v) is 7.06. The van der Waals surface area contributed by atoms with Crippen LogP contribution in [-0.2, 0) is 4.79 Å². The molecular weight excluding hydrogens is 226 g/mol. The van der Waals surface area contributed by atoms with Gasteiger partial charge in [-0.15, -0.1) is 0 Å². The van der Waals surface area contributed by atoms with Crippen molar-refractivity contribution in [3.63, 3.8) is 0 Å². The van der Waals surface area contributed by atoms with E-state index >= 15 is 0 Å². The van der Waals surface area contributed by atoms with Crippen molar-refractivity contribution in [3.05, 3.63) is 0 Å². The molecule has 1 rings (SSSR count). The van der Waals surface area contributed by atoms with Crippen LogP contribution in [0.25, 0.3) is 0 Å². The average Bonchev–Trinajstić information content (AvgIpc) is 2.35. The second-order valence-electron chi connectivity index (χ2n) is 5.36. The van der Waals surface area contributed by atoms with E-state index in [1.54, 1.807) is 0 Å². The van der Waals surface area contributed by atoms with Gasteiger partial charge in [-0.3, -0.25) is 4.79 Å². The minimum atomic E-state index is -0.0118. The van der Waals surface area contributed by atoms with Crippen LogP contribution in [0.1, 0.15) is 45.4 Å². The number of nitrogens with one attached hydrogen (secondary N) is 2. The monoisotopic (exact) mass is 251 g/mol. The van der Waals surface area contributed by atoms with Crippen molar-refractivity contribution in [2.24, 2.45) is 11.8 Å². The molecule has 0 aliphatic heterocycles. The molecule has 0 radical (unpaired) electrons. The minimum Gasteiger partial charge on any atom is -0.354 e. The Morgan fingerprint density at radius 1 is 1.39 bits per heavy atom. The van der Waals surface area contributed by atoms with Crippen molar-refractivity contribution < 1.29 is 4.79 Å². The van der Waals surface area contributed by atoms with Gasteiger partial charge in [-0.05, 0) is 31.2 Å². The van der Waals surface area contributed by atoms with Crippen LogP contribution in [0.3, 0.4) is 0 Å². The van der Waals surface area contributed by atoms with Crippen LogP contribution < -0.4 is 10.6 Å². The maximum atomic E-state index is 11.3. The molecule has 1 aliphatic rings. The van der Waals surface area contributed by atoms with Crippen LogP contribution in [-0.4, -0.2) is 25.5 Å². The first kappa shape index (κ1) is 15.0. The normalized spacial score (nSPS) is 23.3. The molecule has 102 valence electrons. The fourth-order valence-corrected chi connectivity index (χ4v) is 2.65. The maximum absolute atomic E-state index is 11.3. The standard InChI is InChI=1S/C14H25N3O/c1-12-4-2-5-13(10-12)6-9-16-11-14(18)17-8-3-7-15/h12-13,16H,2-6,8-11H2,1H3,(H,17,18). The molecule has 1 fully saturated rings. The molecule has 1 saturated carbocycles. The summed E-state index contributed by atoms with van der Waals surface area (Å²) in [5, 5.41) is 14.2. The second-order valence-corrected chi connectivity index (χ2v) is 5.36. The van der Waals surface area contributed by atoms with Crippen molar-refractivity contribution in [1.82, 2.24) is 10.6 Å². The number of rotatable bonds is 7. The zero-order chi connectivity index (χ0) is 13.2. The molecule has 0 saturated heterocycles. The zero-order valence-corrected chi connectivity index (χ0v) is 11.4. The Morgan fingerprint density at radius 2 is 2.22 bits per heavy atom. The Morgan fingerprint density at radius 3 is 2.94 bits per heavy atom. The number of amides is 1. The smallest absolute Gasteiger partial charge is 0.233 e. The van der Waals surface area contributed by atoms with Crippen LogP contribution in [0.4, 0.5) is 0 Å². The Hall–Kier alpha value is -1.08. The molecule has 1 aliphatic carbocycles. The van der Waals surface area contributed by atoms with Gasteiger partial charge < -0.3 is 10.6 Å². The summed E-state index contributed by atoms with van der Waals surface area (Å²) in [6, 6.07) is 2.00. The van der Waals surface area contributed by atoms with Crippen molar-refractivity contribution in [2.75, 3.05) is 19.6 Å². The van der Waals surface area contributed by atoms with Gasteiger partial charge in [-0.25, -0.2) is 0 Å². The van der Waals surface area contributed by atoms with Gasteiger partial charge in [0.25, 0.3) is 0 Å². The molecule has 2 atom stereocenters. The Bertz CT molecular complexity index is 285. The number of carbonyl (C=O) groups is 1. The quantitative estimate of drug-likeness (QED) is 0.678. The molecule has 0 aromatic carbocycles. The lowest BCUT2D eigenvalue weighted by molar-refractivity contribution is -0.120. The van der Waals surface area contributed by atoms with Gasteiger partial charge >= 0.3 is 0 Å². The van der Waals surface area contributed by atoms with Gasteiger partial charge in [0.05, 0.1) is 19.0 Å². The first-order valence-electron chi connectivity index (χ1n) is 7.06. The van der Waals surface area contributed by atoms with E-state index < -0.39 is 0 Å². The highest BCUT2D eigenvalue weighted by molar-refractivity contribution is 5.77. The van der Waals surface area contributed by atoms with Crippen LogP contribution in [0, 0.1) is 23.2 Å². The summed E-state index contributed by atoms with van der Waals surface area (Å²) in [5.41, 5.74) is 0. The number of nitrogens with zero attached hydrogens (tertiary/aromatic N) is 1. The first-order chi connectivity index (χ1) is 8.72. The third-order valence-electron chi connectivity index (χ3n) is 3.62. The lowest BCUT2D eigenvalue weighted by Gasteiger charge is -2.26. The van der Waals surface area contributed by atoms with Gasteiger partial charge in [0.2, 0.25) is 5.91 Å². The molecular formula is C14H25N3O. The summed E-state index contributed by atoms with van der Waals surface area (Å²) in [4.78, 5) is 11.3. The summed E-state index contributed by atoms with van der Waals surface area (Å²) >= 11 is 0. The van der Waals surface area contributed by atoms with Crippen molar-refractivity contribution in [3.8, 4) is 6.07 Å². The summed E-state index contributed by atoms with van der Waals surface area (Å²) in [6.07, 6.45) is 6.99. The summed E-state index contributed by atoms with van der Waals surface area (Å²) in [7, 11) is 0. The number of hydrogen-bond acceptors (Lipinski definition) is 3. The van der Waals surface area contributed by atoms with E-state index in [0.29, 0.717) is 19.5 Å². The van der Waals surface area contributed by atoms with Crippen molar-refractivity contribution >= 4 is 5.91 Å². The second kappa shape index (κ2) is 8.93. The van der Waals surface area contributed by atoms with E-state index in [9.17, 15) is 4.79 Å². The van der Waals surface area contributed by atoms with Gasteiger partial charge in [-0.1, -0.05) is 26.2 Å². The highest BCUT2D eigenvalue weighted by atomic mass is 16.1. The van der Waals surface area contributed by atoms with E-state index in [-0.39, 0.29) is 5.91 Å². The Kier molecular flexibility index (Phi) is 7.43. The van der Waals surface area contributed by atoms with Crippen LogP contribution >= 0.6 is 0 Å². The SMILES string of the molecule is CC1CCCC(CCNCC(=O)NCCC#N)C1. The van der Waals surface area contributed by atoms with Gasteiger partial charge in [0, 0.05) is 6.54 Å². The molecule has 18 heavy (non-hydrogen) atoms. The largest absolute Gasteiger partial charge is 0.354 e. The van der Waals surface area contributed by atoms with E-state index in [1.165, 1.54) is 32.1 Å². The van der Waals surface area contributed by atoms with Gasteiger partial charge in [0.15, 0.2) is 0 Å². The molecule has 0 spiro atoms. The van der Waals surface area contributed by atoms with Gasteiger partial charge in [0.1, 0.15) is 0 Å². The van der Waals surface area contributed by atoms with Crippen molar-refractivity contribution in [2.45, 2.75) is 45.4 Å². The maximum Gasteiger partial charge on any atom is 0.233 e. The fourth-order valence-electron chi connectivity index (χ4n) is 2.65. The van der Waals surface area contributed by atoms with E-state index in [2.05, 4.69) is 17.6 Å². The molecule has 2 unspecified atom stereocenters. The van der Waals surface area contributed by atoms with Crippen LogP contribution in [0.2, 0.25) is 0 Å². The summed E-state index contributed by atoms with van der Waals surface area (Å²) < 4.78 is 0. The van der Waals surface area contributed by atoms with Crippen LogP contribution in [0.15, 0.2) is 0 Å². The Balaban J connectivity index is 1.97. The minimum absolute atomic E-state index is 0.0118. The molecule has 4 nitrogen and oxygen atoms in total. The number of hydrogen-bond donors (Lipinski definition) is 2. The van der Waals surface area contributed by atoms with Crippen molar-refractivity contribution in [1.29, 1.82) is 5.26 Å². The van der Waals surface area contributed by atoms with Gasteiger partial charge in [-0.2, -0.15) is 5.26 Å². The number of nitriles is 1. The molecule has 2 N–H and O–H groups in total. The van der Waals surface area contributed by atoms with Crippen LogP contribution in [0.5, 0.6) is 0 Å². The zero-order valence-electron chi connectivity index (χ0n) is 11.4. The molecule has 0 aromatic heterocycles. The molecule has 0 heterocycles. The summed E-state index contributed by atoms with van der Waals surface area (Å²) in [6.45, 7) is 4.08. The third-order valence-corrected chi connectivity index (χ3v) is 3.62. The molecule has 1 amide bonds. The average molecular weight is 251 g/mol. The predicted octanol–water partition coefficient (Wildman–Crippen LogP) is 1.82. The lowest BCUT2D eigenvalue weighted by Crippen LogP contribution is -2.35. The molecule has 0 bridgehead atoms. The summed E-state index contributed by atoms with van der Waals surface area (Å²) in [5.74, 6) is 1.70. The third kappa shape index (κ3) is 6.61. The number of carbonyl (C=O) groups excluding carboxylic acids is 1. The molecule has 4 heteroatoms. The molecule has 0 aromatic rings. The predicted molar refractivity (Wildman–Crippen MR) is 71.8 cm³/mol. The van der Waals surface area contributed by atoms with E-state index in [0.717, 1.165) is 18.4 Å².